The van der Waals surface area contributed by atoms with E-state index in [9.17, 15) is 13.2 Å². The maximum atomic E-state index is 13.6. The Morgan fingerprint density at radius 1 is 0.957 bits per heavy atom. The average Bonchev–Trinajstić information content (AvgIpc) is 2.42. The fraction of sp³-hybridized carbons (Fsp3) is 0.625. The summed E-state index contributed by atoms with van der Waals surface area (Å²) < 4.78 is 56.4. The zero-order valence-electron chi connectivity index (χ0n) is 13.8. The van der Waals surface area contributed by atoms with Gasteiger partial charge in [-0.15, -0.1) is 0 Å². The number of rotatable bonds is 9. The number of ether oxygens (including phenoxy) is 2. The summed E-state index contributed by atoms with van der Waals surface area (Å²) in [5, 5.41) is 0. The molecule has 0 bridgehead atoms. The summed E-state index contributed by atoms with van der Waals surface area (Å²) in [5.74, 6) is -4.37. The van der Waals surface area contributed by atoms with Crippen molar-refractivity contribution in [2.24, 2.45) is 0 Å². The Bertz CT molecular complexity index is 500. The Kier molecular flexibility index (Phi) is 7.73. The number of aryl methyl sites for hydroxylation is 1. The first-order valence-corrected chi connectivity index (χ1v) is 7.93. The molecule has 3 nitrogen and oxygen atoms in total. The molecular weight excluding hydrogens is 325 g/mol. The topological polar surface area (TPSA) is 27.7 Å². The van der Waals surface area contributed by atoms with Gasteiger partial charge in [0.25, 0.3) is 16.5 Å². The second-order valence-corrected chi connectivity index (χ2v) is 6.03. The summed E-state index contributed by atoms with van der Waals surface area (Å²) in [7, 11) is 2.97. The van der Waals surface area contributed by atoms with Crippen molar-refractivity contribution in [2.45, 2.75) is 65.1 Å². The van der Waals surface area contributed by atoms with Gasteiger partial charge >= 0.3 is 0 Å². The van der Waals surface area contributed by atoms with Crippen molar-refractivity contribution < 1.29 is 27.1 Å². The molecule has 0 unspecified atom stereocenters. The summed E-state index contributed by atoms with van der Waals surface area (Å²) in [6, 6.07) is 1.42. The molecule has 1 aromatic rings. The Labute approximate surface area is 138 Å². The van der Waals surface area contributed by atoms with E-state index in [1.54, 1.807) is 0 Å². The molecule has 0 saturated carbocycles. The van der Waals surface area contributed by atoms with Crippen LogP contribution < -0.4 is 0 Å². The SMILES string of the molecule is CC(C)OC(CCCc1cc(F)c(F)cc1F)(O[Si])OC(C)C. The van der Waals surface area contributed by atoms with Gasteiger partial charge in [0.2, 0.25) is 0 Å². The van der Waals surface area contributed by atoms with Crippen LogP contribution in [-0.4, -0.2) is 28.7 Å². The fourth-order valence-electron chi connectivity index (χ4n) is 2.21. The van der Waals surface area contributed by atoms with Gasteiger partial charge in [-0.3, -0.25) is 0 Å². The second kappa shape index (κ2) is 8.82. The highest BCUT2D eigenvalue weighted by atomic mass is 28.2. The summed E-state index contributed by atoms with van der Waals surface area (Å²) in [5.41, 5.74) is 0.0980. The first kappa shape index (κ1) is 20.2. The zero-order valence-corrected chi connectivity index (χ0v) is 14.8. The minimum absolute atomic E-state index is 0.0980. The molecular formula is C16H22F3O3Si. The zero-order chi connectivity index (χ0) is 17.6. The van der Waals surface area contributed by atoms with E-state index in [1.165, 1.54) is 0 Å². The lowest BCUT2D eigenvalue weighted by atomic mass is 10.1. The average molecular weight is 347 g/mol. The maximum absolute atomic E-state index is 13.6. The van der Waals surface area contributed by atoms with Gasteiger partial charge in [-0.25, -0.2) is 13.2 Å². The standard InChI is InChI=1S/C16H22F3O3Si/c1-10(2)20-16(22-23,21-11(3)4)7-5-6-12-8-14(18)15(19)9-13(12)17/h8-11H,5-7H2,1-4H3. The van der Waals surface area contributed by atoms with Crippen molar-refractivity contribution >= 4 is 10.5 Å². The molecule has 0 aromatic heterocycles. The molecule has 0 heterocycles. The quantitative estimate of drug-likeness (QED) is 0.383. The molecule has 23 heavy (non-hydrogen) atoms. The maximum Gasteiger partial charge on any atom is 0.273 e. The van der Waals surface area contributed by atoms with E-state index >= 15 is 0 Å². The first-order valence-electron chi connectivity index (χ1n) is 7.53. The third-order valence-electron chi connectivity index (χ3n) is 3.00. The molecule has 0 saturated heterocycles. The second-order valence-electron chi connectivity index (χ2n) is 5.83. The van der Waals surface area contributed by atoms with Crippen molar-refractivity contribution in [1.29, 1.82) is 0 Å². The van der Waals surface area contributed by atoms with Crippen LogP contribution in [-0.2, 0) is 20.3 Å². The van der Waals surface area contributed by atoms with Crippen molar-refractivity contribution in [3.05, 3.63) is 35.1 Å². The normalized spacial score (nSPS) is 12.4. The van der Waals surface area contributed by atoms with Crippen LogP contribution in [0.3, 0.4) is 0 Å². The van der Waals surface area contributed by atoms with E-state index in [0.29, 0.717) is 12.5 Å². The minimum atomic E-state index is -1.33. The van der Waals surface area contributed by atoms with Gasteiger partial charge in [-0.2, -0.15) is 0 Å². The molecule has 3 radical (unpaired) electrons. The van der Waals surface area contributed by atoms with E-state index < -0.39 is 23.4 Å². The Morgan fingerprint density at radius 2 is 1.48 bits per heavy atom. The highest BCUT2D eigenvalue weighted by Gasteiger charge is 2.34. The molecule has 0 aliphatic heterocycles. The molecule has 0 aliphatic rings. The van der Waals surface area contributed by atoms with Crippen LogP contribution in [0.25, 0.3) is 0 Å². The van der Waals surface area contributed by atoms with Crippen molar-refractivity contribution in [3.8, 4) is 0 Å². The van der Waals surface area contributed by atoms with E-state index in [0.717, 1.165) is 6.07 Å². The van der Waals surface area contributed by atoms with Gasteiger partial charge in [0.1, 0.15) is 5.82 Å². The number of halogens is 3. The van der Waals surface area contributed by atoms with Gasteiger partial charge < -0.3 is 13.9 Å². The first-order chi connectivity index (χ1) is 10.7. The van der Waals surface area contributed by atoms with E-state index in [1.807, 2.05) is 27.7 Å². The molecule has 0 spiro atoms. The number of benzene rings is 1. The fourth-order valence-corrected chi connectivity index (χ4v) is 2.41. The van der Waals surface area contributed by atoms with Gasteiger partial charge in [-0.1, -0.05) is 0 Å². The Balaban J connectivity index is 2.76. The van der Waals surface area contributed by atoms with E-state index in [2.05, 4.69) is 10.5 Å². The van der Waals surface area contributed by atoms with Crippen molar-refractivity contribution in [2.75, 3.05) is 0 Å². The van der Waals surface area contributed by atoms with Crippen LogP contribution in [0.15, 0.2) is 12.1 Å². The molecule has 0 aliphatic carbocycles. The Hall–Kier alpha value is -0.893. The molecule has 7 heteroatoms. The number of hydrogen-bond acceptors (Lipinski definition) is 3. The van der Waals surface area contributed by atoms with Crippen LogP contribution in [0, 0.1) is 17.5 Å². The van der Waals surface area contributed by atoms with Crippen LogP contribution in [0.5, 0.6) is 0 Å². The minimum Gasteiger partial charge on any atom is -0.371 e. The summed E-state index contributed by atoms with van der Waals surface area (Å²) >= 11 is 0. The molecule has 0 atom stereocenters. The summed E-state index contributed by atoms with van der Waals surface area (Å²) in [6.45, 7) is 7.33. The molecule has 1 aromatic carbocycles. The van der Waals surface area contributed by atoms with E-state index in [-0.39, 0.29) is 30.6 Å². The van der Waals surface area contributed by atoms with Crippen molar-refractivity contribution in [1.82, 2.24) is 0 Å². The van der Waals surface area contributed by atoms with Gasteiger partial charge in [-0.05, 0) is 52.2 Å². The molecule has 129 valence electrons. The monoisotopic (exact) mass is 347 g/mol. The third-order valence-corrected chi connectivity index (χ3v) is 3.32. The predicted molar refractivity (Wildman–Crippen MR) is 81.3 cm³/mol. The molecule has 1 rings (SSSR count). The third kappa shape index (κ3) is 6.25. The molecule has 0 fully saturated rings. The Morgan fingerprint density at radius 3 is 1.96 bits per heavy atom. The lowest BCUT2D eigenvalue weighted by Crippen LogP contribution is -2.42. The van der Waals surface area contributed by atoms with Gasteiger partial charge in [0.05, 0.1) is 12.2 Å². The summed E-state index contributed by atoms with van der Waals surface area (Å²) in [6.07, 6.45) is 0.552. The smallest absolute Gasteiger partial charge is 0.273 e. The van der Waals surface area contributed by atoms with Crippen LogP contribution in [0.4, 0.5) is 13.2 Å². The van der Waals surface area contributed by atoms with Crippen LogP contribution in [0.1, 0.15) is 46.1 Å². The van der Waals surface area contributed by atoms with Gasteiger partial charge in [0, 0.05) is 12.5 Å². The van der Waals surface area contributed by atoms with Crippen molar-refractivity contribution in [3.63, 3.8) is 0 Å². The highest BCUT2D eigenvalue weighted by Crippen LogP contribution is 2.26. The number of hydrogen-bond donors (Lipinski definition) is 0. The lowest BCUT2D eigenvalue weighted by molar-refractivity contribution is -0.369. The summed E-state index contributed by atoms with van der Waals surface area (Å²) in [4.78, 5) is 0. The highest BCUT2D eigenvalue weighted by molar-refractivity contribution is 5.98. The molecule has 0 amide bonds. The van der Waals surface area contributed by atoms with E-state index in [4.69, 9.17) is 13.9 Å². The largest absolute Gasteiger partial charge is 0.371 e. The predicted octanol–water partition coefficient (Wildman–Crippen LogP) is 4.03. The van der Waals surface area contributed by atoms with Crippen LogP contribution in [0.2, 0.25) is 0 Å². The van der Waals surface area contributed by atoms with Gasteiger partial charge in [0.15, 0.2) is 11.6 Å². The molecule has 0 N–H and O–H groups in total. The van der Waals surface area contributed by atoms with Crippen LogP contribution >= 0.6 is 0 Å². The lowest BCUT2D eigenvalue weighted by Gasteiger charge is -2.35.